The van der Waals surface area contributed by atoms with E-state index in [-0.39, 0.29) is 5.92 Å². The number of halogens is 2. The van der Waals surface area contributed by atoms with Crippen molar-refractivity contribution in [1.29, 1.82) is 0 Å². The summed E-state index contributed by atoms with van der Waals surface area (Å²) in [5.41, 5.74) is -0.905. The normalized spacial score (nSPS) is 41.7. The lowest BCUT2D eigenvalue weighted by Gasteiger charge is -2.33. The predicted octanol–water partition coefficient (Wildman–Crippen LogP) is 3.30. The van der Waals surface area contributed by atoms with Gasteiger partial charge in [0.05, 0.1) is 0 Å². The fourth-order valence-electron chi connectivity index (χ4n) is 1.57. The van der Waals surface area contributed by atoms with Crippen molar-refractivity contribution in [3.05, 3.63) is 0 Å². The molecule has 2 unspecified atom stereocenters. The third kappa shape index (κ3) is 1.52. The number of hydrogen-bond acceptors (Lipinski definition) is 0. The van der Waals surface area contributed by atoms with Crippen molar-refractivity contribution in [3.8, 4) is 0 Å². The van der Waals surface area contributed by atoms with Gasteiger partial charge in [-0.15, -0.1) is 0 Å². The molecule has 1 saturated carbocycles. The summed E-state index contributed by atoms with van der Waals surface area (Å²) in [5, 5.41) is 0.515. The summed E-state index contributed by atoms with van der Waals surface area (Å²) in [7, 11) is 0. The molecule has 1 rings (SSSR count). The van der Waals surface area contributed by atoms with Crippen molar-refractivity contribution in [2.75, 3.05) is 5.33 Å². The van der Waals surface area contributed by atoms with E-state index in [1.54, 1.807) is 0 Å². The Hall–Kier alpha value is 0.410. The molecule has 2 heteroatoms. The summed E-state index contributed by atoms with van der Waals surface area (Å²) in [6.07, 6.45) is 4.08. The van der Waals surface area contributed by atoms with Gasteiger partial charge >= 0.3 is 0 Å². The van der Waals surface area contributed by atoms with Gasteiger partial charge < -0.3 is 0 Å². The van der Waals surface area contributed by atoms with Gasteiger partial charge in [-0.25, -0.2) is 4.39 Å². The minimum Gasteiger partial charge on any atom is -0.243 e. The summed E-state index contributed by atoms with van der Waals surface area (Å²) in [4.78, 5) is 0. The second-order valence-corrected chi connectivity index (χ2v) is 3.88. The highest BCUT2D eigenvalue weighted by Crippen LogP contribution is 2.37. The van der Waals surface area contributed by atoms with Crippen LogP contribution < -0.4 is 0 Å². The average molecular weight is 209 g/mol. The molecule has 60 valence electrons. The van der Waals surface area contributed by atoms with Crippen molar-refractivity contribution >= 4 is 15.9 Å². The van der Waals surface area contributed by atoms with E-state index in [9.17, 15) is 4.39 Å². The maximum Gasteiger partial charge on any atom is 0.123 e. The van der Waals surface area contributed by atoms with Gasteiger partial charge in [0.25, 0.3) is 0 Å². The van der Waals surface area contributed by atoms with Gasteiger partial charge in [-0.05, 0) is 18.8 Å². The van der Waals surface area contributed by atoms with Gasteiger partial charge in [-0.1, -0.05) is 35.7 Å². The van der Waals surface area contributed by atoms with Crippen LogP contribution in [0.1, 0.15) is 32.6 Å². The van der Waals surface area contributed by atoms with E-state index in [0.717, 1.165) is 19.3 Å². The molecule has 0 radical (unpaired) electrons. The molecule has 1 fully saturated rings. The second-order valence-electron chi connectivity index (χ2n) is 3.32. The molecule has 0 spiro atoms. The minimum atomic E-state index is -0.905. The first-order valence-corrected chi connectivity index (χ1v) is 5.06. The van der Waals surface area contributed by atoms with E-state index >= 15 is 0 Å². The highest BCUT2D eigenvalue weighted by atomic mass is 79.9. The maximum absolute atomic E-state index is 13.6. The van der Waals surface area contributed by atoms with Crippen LogP contribution >= 0.6 is 15.9 Å². The topological polar surface area (TPSA) is 0 Å². The average Bonchev–Trinajstić information content (AvgIpc) is 1.96. The Labute approximate surface area is 70.3 Å². The zero-order chi connectivity index (χ0) is 7.61. The summed E-state index contributed by atoms with van der Waals surface area (Å²) < 4.78 is 13.6. The van der Waals surface area contributed by atoms with Crippen LogP contribution in [0.5, 0.6) is 0 Å². The van der Waals surface area contributed by atoms with E-state index in [2.05, 4.69) is 15.9 Å². The van der Waals surface area contributed by atoms with Crippen molar-refractivity contribution in [3.63, 3.8) is 0 Å². The molecule has 0 N–H and O–H groups in total. The molecule has 1 aliphatic carbocycles. The molecule has 0 aliphatic heterocycles. The van der Waals surface area contributed by atoms with E-state index in [1.807, 2.05) is 6.92 Å². The van der Waals surface area contributed by atoms with Crippen molar-refractivity contribution in [1.82, 2.24) is 0 Å². The van der Waals surface area contributed by atoms with Gasteiger partial charge in [0.1, 0.15) is 5.67 Å². The van der Waals surface area contributed by atoms with Crippen molar-refractivity contribution in [2.24, 2.45) is 5.92 Å². The van der Waals surface area contributed by atoms with E-state index in [4.69, 9.17) is 0 Å². The Kier molecular flexibility index (Phi) is 2.73. The Morgan fingerprint density at radius 3 is 2.70 bits per heavy atom. The van der Waals surface area contributed by atoms with Crippen molar-refractivity contribution in [2.45, 2.75) is 38.3 Å². The van der Waals surface area contributed by atoms with Crippen LogP contribution in [0.25, 0.3) is 0 Å². The van der Waals surface area contributed by atoms with Crippen LogP contribution in [-0.2, 0) is 0 Å². The molecule has 0 aromatic carbocycles. The van der Waals surface area contributed by atoms with E-state index in [1.165, 1.54) is 6.42 Å². The summed E-state index contributed by atoms with van der Waals surface area (Å²) in [6.45, 7) is 2.01. The maximum atomic E-state index is 13.6. The third-order valence-corrected chi connectivity index (χ3v) is 3.52. The molecule has 0 aromatic rings. The van der Waals surface area contributed by atoms with Crippen LogP contribution in [-0.4, -0.2) is 11.0 Å². The van der Waals surface area contributed by atoms with Crippen LogP contribution in [0.3, 0.4) is 0 Å². The first kappa shape index (κ1) is 8.51. The molecule has 1 aliphatic rings. The molecule has 0 bridgehead atoms. The first-order chi connectivity index (χ1) is 4.69. The zero-order valence-corrected chi connectivity index (χ0v) is 7.95. The van der Waals surface area contributed by atoms with Crippen molar-refractivity contribution < 1.29 is 4.39 Å². The standard InChI is InChI=1S/C8H14BrF/c1-7-4-2-3-5-8(7,10)6-9/h7H,2-6H2,1H3. The highest BCUT2D eigenvalue weighted by Gasteiger charge is 2.36. The van der Waals surface area contributed by atoms with Gasteiger partial charge in [0, 0.05) is 5.33 Å². The number of hydrogen-bond donors (Lipinski definition) is 0. The fraction of sp³-hybridized carbons (Fsp3) is 1.00. The minimum absolute atomic E-state index is 0.251. The molecule has 0 aromatic heterocycles. The molecule has 10 heavy (non-hydrogen) atoms. The second kappa shape index (κ2) is 3.21. The number of rotatable bonds is 1. The van der Waals surface area contributed by atoms with Gasteiger partial charge in [-0.3, -0.25) is 0 Å². The largest absolute Gasteiger partial charge is 0.243 e. The smallest absolute Gasteiger partial charge is 0.123 e. The molecule has 0 heterocycles. The van der Waals surface area contributed by atoms with Crippen LogP contribution in [0, 0.1) is 5.92 Å². The first-order valence-electron chi connectivity index (χ1n) is 3.94. The molecular weight excluding hydrogens is 195 g/mol. The molecule has 0 nitrogen and oxygen atoms in total. The van der Waals surface area contributed by atoms with Gasteiger partial charge in [-0.2, -0.15) is 0 Å². The predicted molar refractivity (Wildman–Crippen MR) is 45.3 cm³/mol. The Morgan fingerprint density at radius 1 is 1.60 bits per heavy atom. The lowest BCUT2D eigenvalue weighted by atomic mass is 9.79. The Bertz CT molecular complexity index is 116. The van der Waals surface area contributed by atoms with E-state index < -0.39 is 5.67 Å². The quantitative estimate of drug-likeness (QED) is 0.581. The Balaban J connectivity index is 2.54. The molecule has 0 saturated heterocycles. The van der Waals surface area contributed by atoms with Crippen LogP contribution in [0.2, 0.25) is 0 Å². The third-order valence-electron chi connectivity index (χ3n) is 2.58. The molecule has 0 amide bonds. The lowest BCUT2D eigenvalue weighted by Crippen LogP contribution is -2.36. The summed E-state index contributed by atoms with van der Waals surface area (Å²) >= 11 is 3.23. The summed E-state index contributed by atoms with van der Waals surface area (Å²) in [6, 6.07) is 0. The lowest BCUT2D eigenvalue weighted by molar-refractivity contribution is 0.0740. The van der Waals surface area contributed by atoms with Crippen LogP contribution in [0.15, 0.2) is 0 Å². The SMILES string of the molecule is CC1CCCCC1(F)CBr. The fourth-order valence-corrected chi connectivity index (χ4v) is 2.41. The number of alkyl halides is 2. The van der Waals surface area contributed by atoms with Gasteiger partial charge in [0.2, 0.25) is 0 Å². The summed E-state index contributed by atoms with van der Waals surface area (Å²) in [5.74, 6) is 0.251. The zero-order valence-electron chi connectivity index (χ0n) is 6.37. The Morgan fingerprint density at radius 2 is 2.30 bits per heavy atom. The molecule has 2 atom stereocenters. The van der Waals surface area contributed by atoms with E-state index in [0.29, 0.717) is 5.33 Å². The van der Waals surface area contributed by atoms with Gasteiger partial charge in [0.15, 0.2) is 0 Å². The monoisotopic (exact) mass is 208 g/mol. The molecular formula is C8H14BrF. The highest BCUT2D eigenvalue weighted by molar-refractivity contribution is 9.09. The van der Waals surface area contributed by atoms with Crippen LogP contribution in [0.4, 0.5) is 4.39 Å².